The molecule has 604 valence electrons. The number of hydrogen-bond acceptors (Lipinski definition) is 12. The zero-order chi connectivity index (χ0) is 83.3. The number of nitrogens with zero attached hydrogens (tertiary/aromatic N) is 4. The summed E-state index contributed by atoms with van der Waals surface area (Å²) in [5.41, 5.74) is 9.45. The Morgan fingerprint density at radius 1 is 0.392 bits per heavy atom. The van der Waals surface area contributed by atoms with Crippen LogP contribution in [0.25, 0.3) is 84.8 Å². The quantitative estimate of drug-likeness (QED) is 0.0222. The summed E-state index contributed by atoms with van der Waals surface area (Å²) in [4.78, 5) is 44.4. The zero-order valence-corrected chi connectivity index (χ0v) is 73.1. The van der Waals surface area contributed by atoms with Gasteiger partial charge in [-0.15, -0.1) is 45.3 Å². The van der Waals surface area contributed by atoms with Gasteiger partial charge in [-0.3, -0.25) is 9.59 Å². The summed E-state index contributed by atoms with van der Waals surface area (Å²) in [6.07, 6.45) is 21.3. The van der Waals surface area contributed by atoms with Crippen LogP contribution in [0.3, 0.4) is 0 Å². The van der Waals surface area contributed by atoms with E-state index in [0.29, 0.717) is 94.6 Å². The molecule has 0 saturated heterocycles. The first-order chi connectivity index (χ1) is 58.7. The van der Waals surface area contributed by atoms with E-state index in [1.54, 1.807) is 45.3 Å². The summed E-state index contributed by atoms with van der Waals surface area (Å²) in [6, 6.07) is 67.7. The molecule has 14 heteroatoms. The maximum atomic E-state index is 15.4. The molecule has 4 aliphatic carbocycles. The summed E-state index contributed by atoms with van der Waals surface area (Å²) >= 11 is 6.90. The first-order valence-corrected chi connectivity index (χ1v) is 46.5. The van der Waals surface area contributed by atoms with Crippen molar-refractivity contribution in [3.63, 3.8) is 0 Å². The first kappa shape index (κ1) is 82.5. The van der Waals surface area contributed by atoms with Gasteiger partial charge in [-0.1, -0.05) is 230 Å². The molecule has 16 rings (SSSR count). The molecule has 4 unspecified atom stereocenters. The van der Waals surface area contributed by atoms with E-state index in [9.17, 15) is 10.5 Å². The van der Waals surface area contributed by atoms with Crippen LogP contribution in [0.1, 0.15) is 243 Å². The van der Waals surface area contributed by atoms with E-state index >= 15 is 9.59 Å². The van der Waals surface area contributed by atoms with Crippen molar-refractivity contribution >= 4 is 111 Å². The lowest BCUT2D eigenvalue weighted by Crippen LogP contribution is -2.28. The highest BCUT2D eigenvalue weighted by Crippen LogP contribution is 2.71. The molecule has 0 radical (unpaired) electrons. The molecule has 4 heterocycles. The number of ketones is 2. The minimum Gasteiger partial charge on any atom is -0.493 e. The van der Waals surface area contributed by atoms with Crippen molar-refractivity contribution < 1.29 is 28.5 Å². The third-order valence-corrected chi connectivity index (χ3v) is 30.5. The third-order valence-electron chi connectivity index (χ3n) is 25.5. The number of hydrogen-bond donors (Lipinski definition) is 0. The minimum atomic E-state index is -1.03. The zero-order valence-electron chi connectivity index (χ0n) is 69.8. The SMILES string of the molecule is [C-]#[N+]/C(C#N)=C1\C(=C\c2cc3c(s2)C(c2ccc(OCC(CC)CCCC)cc2)(c2ccc(OCC(CC)CCCC)cc2)c2c-3sc3c4c(sc23)-c2cc(/C=C3\C(=O)c5cc6ccccc6cc5\C3=C(\C#N)[N+]#[C-])sc2C4(c2ccc(OCC(CC)CCCC)cc2)c2ccc(OCC(CC)CCCC)cc2)C(=O)c2cc3ccccc3cc21. The van der Waals surface area contributed by atoms with Crippen LogP contribution in [-0.2, 0) is 10.8 Å². The van der Waals surface area contributed by atoms with E-state index in [1.807, 2.05) is 84.9 Å². The number of thiophene rings is 4. The maximum Gasteiger partial charge on any atom is 0.270 e. The van der Waals surface area contributed by atoms with E-state index in [0.717, 1.165) is 230 Å². The number of Topliss-reactive ketones (excluding diaryl/α,β-unsaturated/α-hetero) is 2. The molecule has 0 saturated carbocycles. The molecular weight excluding hydrogens is 1550 g/mol. The molecule has 0 fully saturated rings. The first-order valence-electron chi connectivity index (χ1n) is 43.2. The van der Waals surface area contributed by atoms with Crippen molar-refractivity contribution in [1.82, 2.24) is 0 Å². The largest absolute Gasteiger partial charge is 0.493 e. The van der Waals surface area contributed by atoms with Gasteiger partial charge in [-0.2, -0.15) is 0 Å². The summed E-state index contributed by atoms with van der Waals surface area (Å²) in [5, 5.41) is 25.3. The van der Waals surface area contributed by atoms with Crippen molar-refractivity contribution in [2.45, 2.75) is 169 Å². The van der Waals surface area contributed by atoms with Crippen LogP contribution in [0, 0.1) is 59.5 Å². The Morgan fingerprint density at radius 2 is 0.675 bits per heavy atom. The van der Waals surface area contributed by atoms with Crippen molar-refractivity contribution in [2.24, 2.45) is 23.7 Å². The Hall–Kier alpha value is -11.2. The molecule has 0 N–H and O–H groups in total. The average Bonchev–Trinajstić information content (AvgIpc) is 1.48. The number of allylic oxidation sites excluding steroid dienone is 6. The smallest absolute Gasteiger partial charge is 0.270 e. The fourth-order valence-electron chi connectivity index (χ4n) is 18.6. The lowest BCUT2D eigenvalue weighted by atomic mass is 9.70. The second-order valence-corrected chi connectivity index (χ2v) is 36.9. The van der Waals surface area contributed by atoms with Crippen LogP contribution in [0.2, 0.25) is 0 Å². The second-order valence-electron chi connectivity index (χ2n) is 32.7. The van der Waals surface area contributed by atoms with E-state index in [1.165, 1.54) is 0 Å². The standard InChI is InChI=1S/C106H100N4O6S4/c1-11-19-27-65(15-5)61-113-77-43-35-73(36-44-77)105(74-37-45-78(46-38-74)114-62-66(16-6)28-20-12-2)95-99(89-57-81(117-103(89)105)55-87-93(91(59-107)109-9)83-51-69-31-23-25-33-71(69)53-85(83)97(87)111)119-102-96-100(120-101(95)102)90-58-82(56-88-94(92(60-108)110-10)84-52-70-32-24-26-34-72(70)54-86(84)98(88)112)118-104(90)106(96,75-39-47-79(48-40-75)115-63-67(17-7)29-21-13-3)76-41-49-80(50-42-76)116-64-68(18-8)30-22-14-4/h23-26,31-58,65-68H,11-22,27-30,61-64H2,1-8H3/b87-55-,88-56-,93-91-,94-92+. The van der Waals surface area contributed by atoms with Gasteiger partial charge in [0.1, 0.15) is 23.0 Å². The normalized spacial score (nSPS) is 18.0. The molecule has 10 nitrogen and oxygen atoms in total. The summed E-state index contributed by atoms with van der Waals surface area (Å²) in [6.45, 7) is 37.3. The Bertz CT molecular complexity index is 5690. The van der Waals surface area contributed by atoms with Gasteiger partial charge in [-0.25, -0.2) is 20.2 Å². The van der Waals surface area contributed by atoms with Crippen LogP contribution < -0.4 is 18.9 Å². The highest BCUT2D eigenvalue weighted by Gasteiger charge is 2.56. The lowest BCUT2D eigenvalue weighted by Gasteiger charge is -2.33. The molecule has 4 aromatic heterocycles. The number of unbranched alkanes of at least 4 members (excludes halogenated alkanes) is 4. The summed E-state index contributed by atoms with van der Waals surface area (Å²) in [7, 11) is 0. The van der Waals surface area contributed by atoms with E-state index in [-0.39, 0.29) is 23.0 Å². The van der Waals surface area contributed by atoms with E-state index in [2.05, 4.69) is 186 Å². The van der Waals surface area contributed by atoms with Crippen LogP contribution in [-0.4, -0.2) is 38.0 Å². The van der Waals surface area contributed by atoms with Gasteiger partial charge in [0, 0.05) is 84.9 Å². The highest BCUT2D eigenvalue weighted by molar-refractivity contribution is 7.32. The van der Waals surface area contributed by atoms with Gasteiger partial charge >= 0.3 is 0 Å². The molecule has 8 aromatic carbocycles. The molecule has 0 bridgehead atoms. The predicted octanol–water partition coefficient (Wildman–Crippen LogP) is 29.4. The maximum absolute atomic E-state index is 15.4. The van der Waals surface area contributed by atoms with Crippen LogP contribution in [0.5, 0.6) is 23.0 Å². The number of benzene rings is 8. The number of carbonyl (C=O) groups is 2. The molecule has 4 aliphatic rings. The Balaban J connectivity index is 0.971. The number of ether oxygens (including phenoxy) is 4. The van der Waals surface area contributed by atoms with Crippen molar-refractivity contribution in [3.05, 3.63) is 303 Å². The summed E-state index contributed by atoms with van der Waals surface area (Å²) in [5.74, 6) is 4.30. The van der Waals surface area contributed by atoms with Crippen LogP contribution >= 0.6 is 45.3 Å². The predicted molar refractivity (Wildman–Crippen MR) is 496 cm³/mol. The van der Waals surface area contributed by atoms with Gasteiger partial charge < -0.3 is 18.9 Å². The minimum absolute atomic E-state index is 0.140. The molecular formula is C106H100N4O6S4. The number of carbonyl (C=O) groups excluding carboxylic acids is 2. The Kier molecular flexibility index (Phi) is 24.8. The number of nitriles is 2. The molecule has 0 aliphatic heterocycles. The number of fused-ring (bicyclic) bond motifs is 13. The number of rotatable bonds is 34. The van der Waals surface area contributed by atoms with Crippen LogP contribution in [0.4, 0.5) is 0 Å². The topological polar surface area (TPSA) is 127 Å². The fraction of sp³-hybridized carbons (Fsp3) is 0.321. The van der Waals surface area contributed by atoms with Gasteiger partial charge in [0.25, 0.3) is 11.4 Å². The van der Waals surface area contributed by atoms with Gasteiger partial charge in [0.15, 0.2) is 11.6 Å². The van der Waals surface area contributed by atoms with E-state index < -0.39 is 10.8 Å². The fourth-order valence-corrected chi connectivity index (χ4v) is 24.6. The van der Waals surface area contributed by atoms with Crippen molar-refractivity contribution in [1.29, 1.82) is 10.5 Å². The Labute approximate surface area is 722 Å². The van der Waals surface area contributed by atoms with Gasteiger partial charge in [0.2, 0.25) is 0 Å². The summed E-state index contributed by atoms with van der Waals surface area (Å²) < 4.78 is 29.5. The van der Waals surface area contributed by atoms with Crippen molar-refractivity contribution in [3.8, 4) is 56.0 Å². The molecule has 0 amide bonds. The second kappa shape index (κ2) is 36.0. The Morgan fingerprint density at radius 3 is 0.933 bits per heavy atom. The molecule has 0 spiro atoms. The molecule has 12 aromatic rings. The monoisotopic (exact) mass is 1650 g/mol. The lowest BCUT2D eigenvalue weighted by molar-refractivity contribution is 0.103. The van der Waals surface area contributed by atoms with Gasteiger partial charge in [-0.05, 0) is 201 Å². The van der Waals surface area contributed by atoms with Crippen molar-refractivity contribution in [2.75, 3.05) is 26.4 Å². The van der Waals surface area contributed by atoms with E-state index in [4.69, 9.17) is 32.1 Å². The molecule has 120 heavy (non-hydrogen) atoms. The third kappa shape index (κ3) is 14.9. The van der Waals surface area contributed by atoms with Crippen LogP contribution in [0.15, 0.2) is 205 Å². The molecule has 4 atom stereocenters. The van der Waals surface area contributed by atoms with Gasteiger partial charge in [0.05, 0.1) is 71.9 Å². The highest BCUT2D eigenvalue weighted by atomic mass is 32.1. The average molecular weight is 1650 g/mol.